The molecule has 10 nitrogen and oxygen atoms in total. The van der Waals surface area contributed by atoms with Gasteiger partial charge in [0.25, 0.3) is 0 Å². The first-order chi connectivity index (χ1) is 21.6. The molecule has 2 saturated heterocycles. The first kappa shape index (κ1) is 37.9. The summed E-state index contributed by atoms with van der Waals surface area (Å²) in [5.74, 6) is -0.178. The molecule has 47 heavy (non-hydrogen) atoms. The highest BCUT2D eigenvalue weighted by Crippen LogP contribution is 2.38. The second kappa shape index (κ2) is 16.5. The number of ether oxygens (including phenoxy) is 3. The Bertz CT molecular complexity index is 1400. The lowest BCUT2D eigenvalue weighted by Crippen LogP contribution is -2.67. The van der Waals surface area contributed by atoms with Gasteiger partial charge in [-0.1, -0.05) is 60.7 Å². The van der Waals surface area contributed by atoms with Crippen molar-refractivity contribution >= 4 is 30.8 Å². The second-order valence-corrected chi connectivity index (χ2v) is 11.5. The van der Waals surface area contributed by atoms with Crippen LogP contribution < -0.4 is 14.2 Å². The average Bonchev–Trinajstić information content (AvgIpc) is 3.04. The van der Waals surface area contributed by atoms with Gasteiger partial charge in [0.2, 0.25) is 11.8 Å². The number of rotatable bonds is 9. The molecule has 3 heterocycles. The van der Waals surface area contributed by atoms with E-state index in [1.165, 1.54) is 14.2 Å². The van der Waals surface area contributed by atoms with Crippen molar-refractivity contribution in [2.24, 2.45) is 0 Å². The molecule has 15 heteroatoms. The van der Waals surface area contributed by atoms with Crippen LogP contribution in [0.4, 0.5) is 18.0 Å². The van der Waals surface area contributed by atoms with Gasteiger partial charge in [-0.3, -0.25) is 9.80 Å². The van der Waals surface area contributed by atoms with E-state index in [-0.39, 0.29) is 73.2 Å². The Hall–Kier alpha value is -3.52. The van der Waals surface area contributed by atoms with Gasteiger partial charge < -0.3 is 24.0 Å². The molecule has 2 fully saturated rings. The molecule has 0 radical (unpaired) electrons. The summed E-state index contributed by atoms with van der Waals surface area (Å²) in [4.78, 5) is 29.5. The molecule has 3 aromatic rings. The van der Waals surface area contributed by atoms with E-state index < -0.39 is 12.8 Å². The van der Waals surface area contributed by atoms with Gasteiger partial charge in [0.15, 0.2) is 6.61 Å². The van der Waals surface area contributed by atoms with Gasteiger partial charge in [0, 0.05) is 71.4 Å². The Morgan fingerprint density at radius 1 is 0.894 bits per heavy atom. The quantitative estimate of drug-likeness (QED) is 0.310. The van der Waals surface area contributed by atoms with Gasteiger partial charge in [-0.15, -0.1) is 24.8 Å². The summed E-state index contributed by atoms with van der Waals surface area (Å²) in [6.07, 6.45) is -4.57. The Morgan fingerprint density at radius 2 is 1.49 bits per heavy atom. The van der Waals surface area contributed by atoms with Gasteiger partial charge in [0.1, 0.15) is 0 Å². The van der Waals surface area contributed by atoms with Crippen LogP contribution in [-0.2, 0) is 6.54 Å². The predicted molar refractivity (Wildman–Crippen MR) is 176 cm³/mol. The molecule has 2 amide bonds. The van der Waals surface area contributed by atoms with Gasteiger partial charge >= 0.3 is 18.2 Å². The van der Waals surface area contributed by atoms with E-state index in [0.717, 1.165) is 11.1 Å². The normalized spacial score (nSPS) is 18.4. The molecule has 0 saturated carbocycles. The van der Waals surface area contributed by atoms with E-state index in [9.17, 15) is 18.0 Å². The molecule has 0 aliphatic carbocycles. The van der Waals surface area contributed by atoms with Crippen LogP contribution >= 0.6 is 24.8 Å². The third kappa shape index (κ3) is 9.10. The molecule has 1 aromatic heterocycles. The number of methoxy groups -OCH3 is 2. The van der Waals surface area contributed by atoms with Crippen LogP contribution in [0, 0.1) is 0 Å². The van der Waals surface area contributed by atoms with Crippen molar-refractivity contribution in [1.29, 1.82) is 0 Å². The molecule has 2 atom stereocenters. The lowest BCUT2D eigenvalue weighted by atomic mass is 9.81. The SMILES string of the molecule is COc1nc(OC)c(CN2CC(C(c3ccccc3)c3ccccc3)N3CCN(C(=O)N(C)C)C[C@H]3C2)c(OCC(F)(F)F)n1.Cl.Cl. The number of hydrogen-bond donors (Lipinski definition) is 0. The summed E-state index contributed by atoms with van der Waals surface area (Å²) in [5, 5.41) is 0. The number of hydrogen-bond acceptors (Lipinski definition) is 8. The molecule has 258 valence electrons. The van der Waals surface area contributed by atoms with Gasteiger partial charge in [-0.05, 0) is 11.1 Å². The highest BCUT2D eigenvalue weighted by atomic mass is 35.5. The Balaban J connectivity index is 0.00000300. The Kier molecular flexibility index (Phi) is 13.3. The largest absolute Gasteiger partial charge is 0.481 e. The van der Waals surface area contributed by atoms with Crippen LogP contribution in [0.3, 0.4) is 0 Å². The van der Waals surface area contributed by atoms with Crippen LogP contribution in [0.5, 0.6) is 17.8 Å². The van der Waals surface area contributed by atoms with Crippen LogP contribution in [0.1, 0.15) is 22.6 Å². The standard InChI is InChI=1S/C32H39F3N6O4.2ClH/c1-38(2)31(42)40-15-16-41-24(18-40)17-39(19-25-28(43-3)36-30(44-4)37-29(25)45-21-32(33,34)35)20-26(41)27(22-11-7-5-8-12-22)23-13-9-6-10-14-23;;/h5-14,24,26-27H,15-21H2,1-4H3;2*1H/t24-,26?;;/m1../s1. The van der Waals surface area contributed by atoms with Crippen molar-refractivity contribution in [2.45, 2.75) is 30.7 Å². The molecular formula is C32H41Cl2F3N6O4. The van der Waals surface area contributed by atoms with Crippen LogP contribution in [0.2, 0.25) is 0 Å². The van der Waals surface area contributed by atoms with Crippen LogP contribution in [0.15, 0.2) is 60.7 Å². The molecular weight excluding hydrogens is 660 g/mol. The number of nitrogens with zero attached hydrogens (tertiary/aromatic N) is 6. The highest BCUT2D eigenvalue weighted by molar-refractivity contribution is 5.85. The molecule has 5 rings (SSSR count). The minimum atomic E-state index is -4.57. The fourth-order valence-electron chi connectivity index (χ4n) is 6.36. The Morgan fingerprint density at radius 3 is 2.02 bits per heavy atom. The molecule has 0 bridgehead atoms. The number of carbonyl (C=O) groups is 1. The van der Waals surface area contributed by atoms with Gasteiger partial charge in [-0.25, -0.2) is 4.79 Å². The lowest BCUT2D eigenvalue weighted by Gasteiger charge is -2.53. The van der Waals surface area contributed by atoms with E-state index in [1.54, 1.807) is 19.0 Å². The zero-order chi connectivity index (χ0) is 32.1. The van der Waals surface area contributed by atoms with E-state index >= 15 is 0 Å². The van der Waals surface area contributed by atoms with E-state index in [4.69, 9.17) is 14.2 Å². The summed E-state index contributed by atoms with van der Waals surface area (Å²) < 4.78 is 55.5. The minimum Gasteiger partial charge on any atom is -0.481 e. The molecule has 2 aliphatic heterocycles. The number of carbonyl (C=O) groups excluding carboxylic acids is 1. The van der Waals surface area contributed by atoms with Crippen molar-refractivity contribution in [3.05, 3.63) is 77.4 Å². The third-order valence-corrected chi connectivity index (χ3v) is 8.26. The zero-order valence-corrected chi connectivity index (χ0v) is 28.4. The van der Waals surface area contributed by atoms with Crippen molar-refractivity contribution in [3.8, 4) is 17.8 Å². The molecule has 2 aromatic carbocycles. The number of piperazine rings is 2. The number of fused-ring (bicyclic) bond motifs is 1. The van der Waals surface area contributed by atoms with Crippen molar-refractivity contribution in [3.63, 3.8) is 0 Å². The maximum atomic E-state index is 13.2. The number of amides is 2. The van der Waals surface area contributed by atoms with Crippen LogP contribution in [-0.4, -0.2) is 122 Å². The molecule has 1 unspecified atom stereocenters. The highest BCUT2D eigenvalue weighted by Gasteiger charge is 2.43. The first-order valence-electron chi connectivity index (χ1n) is 14.8. The van der Waals surface area contributed by atoms with Gasteiger partial charge in [-0.2, -0.15) is 23.1 Å². The monoisotopic (exact) mass is 700 g/mol. The van der Waals surface area contributed by atoms with Crippen LogP contribution in [0.25, 0.3) is 0 Å². The zero-order valence-electron chi connectivity index (χ0n) is 26.7. The summed E-state index contributed by atoms with van der Waals surface area (Å²) in [5.41, 5.74) is 2.60. The number of aromatic nitrogens is 2. The maximum absolute atomic E-state index is 13.2. The van der Waals surface area contributed by atoms with Crippen molar-refractivity contribution in [1.82, 2.24) is 29.6 Å². The number of halogens is 5. The molecule has 0 spiro atoms. The van der Waals surface area contributed by atoms with Crippen molar-refractivity contribution in [2.75, 3.05) is 67.6 Å². The summed E-state index contributed by atoms with van der Waals surface area (Å²) in [6, 6.07) is 20.3. The second-order valence-electron chi connectivity index (χ2n) is 11.5. The number of alkyl halides is 3. The fraction of sp³-hybridized carbons (Fsp3) is 0.469. The smallest absolute Gasteiger partial charge is 0.422 e. The topological polar surface area (TPSA) is 83.5 Å². The molecule has 0 N–H and O–H groups in total. The van der Waals surface area contributed by atoms with E-state index in [2.05, 4.69) is 44.0 Å². The van der Waals surface area contributed by atoms with Gasteiger partial charge in [0.05, 0.1) is 19.8 Å². The predicted octanol–water partition coefficient (Wildman–Crippen LogP) is 4.96. The summed E-state index contributed by atoms with van der Waals surface area (Å²) >= 11 is 0. The minimum absolute atomic E-state index is 0. The summed E-state index contributed by atoms with van der Waals surface area (Å²) in [6.45, 7) is 1.57. The third-order valence-electron chi connectivity index (χ3n) is 8.26. The lowest BCUT2D eigenvalue weighted by molar-refractivity contribution is -0.154. The van der Waals surface area contributed by atoms with E-state index in [0.29, 0.717) is 38.3 Å². The first-order valence-corrected chi connectivity index (χ1v) is 14.8. The number of benzene rings is 2. The van der Waals surface area contributed by atoms with E-state index in [1.807, 2.05) is 41.3 Å². The average molecular weight is 702 g/mol. The number of urea groups is 1. The maximum Gasteiger partial charge on any atom is 0.422 e. The Labute approximate surface area is 285 Å². The summed E-state index contributed by atoms with van der Waals surface area (Å²) in [7, 11) is 6.20. The fourth-order valence-corrected chi connectivity index (χ4v) is 6.36. The van der Waals surface area contributed by atoms with Crippen molar-refractivity contribution < 1.29 is 32.2 Å². The molecule has 2 aliphatic rings.